The molecule has 0 amide bonds. The van der Waals surface area contributed by atoms with Crippen LogP contribution in [0.2, 0.25) is 0 Å². The highest BCUT2D eigenvalue weighted by atomic mass is 16.5. The van der Waals surface area contributed by atoms with Crippen LogP contribution in [0.3, 0.4) is 0 Å². The van der Waals surface area contributed by atoms with Crippen molar-refractivity contribution in [1.82, 2.24) is 10.6 Å². The lowest BCUT2D eigenvalue weighted by Gasteiger charge is -2.18. The van der Waals surface area contributed by atoms with E-state index in [-0.39, 0.29) is 0 Å². The van der Waals surface area contributed by atoms with Gasteiger partial charge in [0.25, 0.3) is 0 Å². The van der Waals surface area contributed by atoms with Crippen molar-refractivity contribution in [2.75, 3.05) is 46.6 Å². The SMILES string of the molecule is CCNC1COCC1CNCCOC. The lowest BCUT2D eigenvalue weighted by Crippen LogP contribution is -2.40. The predicted molar refractivity (Wildman–Crippen MR) is 56.5 cm³/mol. The third kappa shape index (κ3) is 3.92. The molecule has 0 spiro atoms. The van der Waals surface area contributed by atoms with E-state index < -0.39 is 0 Å². The van der Waals surface area contributed by atoms with Gasteiger partial charge in [0.15, 0.2) is 0 Å². The van der Waals surface area contributed by atoms with E-state index in [1.165, 1.54) is 0 Å². The second-order valence-corrected chi connectivity index (χ2v) is 3.66. The van der Waals surface area contributed by atoms with Gasteiger partial charge in [-0.15, -0.1) is 0 Å². The Hall–Kier alpha value is -0.160. The highest BCUT2D eigenvalue weighted by molar-refractivity contribution is 4.82. The molecule has 0 aromatic heterocycles. The highest BCUT2D eigenvalue weighted by Crippen LogP contribution is 2.12. The topological polar surface area (TPSA) is 42.5 Å². The van der Waals surface area contributed by atoms with Crippen LogP contribution in [0, 0.1) is 5.92 Å². The van der Waals surface area contributed by atoms with Gasteiger partial charge < -0.3 is 20.1 Å². The minimum atomic E-state index is 0.523. The summed E-state index contributed by atoms with van der Waals surface area (Å²) < 4.78 is 10.4. The van der Waals surface area contributed by atoms with E-state index in [1.807, 2.05) is 0 Å². The van der Waals surface area contributed by atoms with Gasteiger partial charge in [-0.3, -0.25) is 0 Å². The van der Waals surface area contributed by atoms with Crippen LogP contribution >= 0.6 is 0 Å². The Morgan fingerprint density at radius 1 is 1.43 bits per heavy atom. The van der Waals surface area contributed by atoms with E-state index in [0.29, 0.717) is 12.0 Å². The summed E-state index contributed by atoms with van der Waals surface area (Å²) in [5.74, 6) is 0.604. The molecule has 2 N–H and O–H groups in total. The molecule has 0 bridgehead atoms. The van der Waals surface area contributed by atoms with Gasteiger partial charge in [-0.1, -0.05) is 6.92 Å². The van der Waals surface area contributed by atoms with E-state index in [2.05, 4.69) is 17.6 Å². The van der Waals surface area contributed by atoms with Crippen molar-refractivity contribution < 1.29 is 9.47 Å². The van der Waals surface area contributed by atoms with Crippen molar-refractivity contribution in [2.45, 2.75) is 13.0 Å². The zero-order chi connectivity index (χ0) is 10.2. The fraction of sp³-hybridized carbons (Fsp3) is 1.00. The summed E-state index contributed by atoms with van der Waals surface area (Å²) in [5.41, 5.74) is 0. The van der Waals surface area contributed by atoms with Crippen molar-refractivity contribution >= 4 is 0 Å². The maximum absolute atomic E-state index is 5.45. The molecule has 1 fully saturated rings. The van der Waals surface area contributed by atoms with E-state index >= 15 is 0 Å². The van der Waals surface area contributed by atoms with Crippen molar-refractivity contribution in [3.63, 3.8) is 0 Å². The lowest BCUT2D eigenvalue weighted by atomic mass is 10.0. The molecule has 84 valence electrons. The molecular weight excluding hydrogens is 180 g/mol. The van der Waals surface area contributed by atoms with Crippen LogP contribution in [0.15, 0.2) is 0 Å². The molecule has 4 nitrogen and oxygen atoms in total. The van der Waals surface area contributed by atoms with Crippen molar-refractivity contribution in [2.24, 2.45) is 5.92 Å². The molecule has 0 aliphatic carbocycles. The smallest absolute Gasteiger partial charge is 0.0623 e. The molecule has 0 aromatic rings. The Kier molecular flexibility index (Phi) is 6.10. The van der Waals surface area contributed by atoms with Crippen LogP contribution in [0.1, 0.15) is 6.92 Å². The van der Waals surface area contributed by atoms with Gasteiger partial charge in [-0.25, -0.2) is 0 Å². The number of likely N-dealkylation sites (N-methyl/N-ethyl adjacent to an activating group) is 1. The third-order valence-corrected chi connectivity index (χ3v) is 2.55. The first kappa shape index (κ1) is 11.9. The second-order valence-electron chi connectivity index (χ2n) is 3.66. The van der Waals surface area contributed by atoms with Crippen molar-refractivity contribution in [1.29, 1.82) is 0 Å². The predicted octanol–water partition coefficient (Wildman–Crippen LogP) is -0.153. The first-order valence-corrected chi connectivity index (χ1v) is 5.39. The molecule has 0 radical (unpaired) electrons. The Bertz CT molecular complexity index is 144. The molecule has 1 aliphatic heterocycles. The minimum Gasteiger partial charge on any atom is -0.383 e. The van der Waals surface area contributed by atoms with E-state index in [1.54, 1.807) is 7.11 Å². The van der Waals surface area contributed by atoms with E-state index in [4.69, 9.17) is 9.47 Å². The molecule has 1 saturated heterocycles. The standard InChI is InChI=1S/C10H22N2O2/c1-3-12-10-8-14-7-9(10)6-11-4-5-13-2/h9-12H,3-8H2,1-2H3. The number of hydrogen-bond donors (Lipinski definition) is 2. The summed E-state index contributed by atoms with van der Waals surface area (Å²) in [6.45, 7) is 7.59. The molecule has 0 saturated carbocycles. The minimum absolute atomic E-state index is 0.523. The summed E-state index contributed by atoms with van der Waals surface area (Å²) in [7, 11) is 1.72. The van der Waals surface area contributed by atoms with E-state index in [0.717, 1.165) is 39.5 Å². The van der Waals surface area contributed by atoms with Crippen LogP contribution in [0.5, 0.6) is 0 Å². The maximum atomic E-state index is 5.45. The van der Waals surface area contributed by atoms with Crippen LogP contribution in [0.4, 0.5) is 0 Å². The summed E-state index contributed by atoms with van der Waals surface area (Å²) in [6.07, 6.45) is 0. The Balaban J connectivity index is 2.09. The number of nitrogens with one attached hydrogen (secondary N) is 2. The molecule has 4 heteroatoms. The van der Waals surface area contributed by atoms with Gasteiger partial charge in [0, 0.05) is 32.2 Å². The molecule has 2 unspecified atom stereocenters. The van der Waals surface area contributed by atoms with Crippen LogP contribution in [-0.2, 0) is 9.47 Å². The Morgan fingerprint density at radius 2 is 2.29 bits per heavy atom. The Morgan fingerprint density at radius 3 is 3.00 bits per heavy atom. The fourth-order valence-corrected chi connectivity index (χ4v) is 1.75. The molecule has 1 heterocycles. The summed E-state index contributed by atoms with van der Waals surface area (Å²) in [4.78, 5) is 0. The molecule has 1 rings (SSSR count). The number of ether oxygens (including phenoxy) is 2. The molecule has 1 aliphatic rings. The third-order valence-electron chi connectivity index (χ3n) is 2.55. The largest absolute Gasteiger partial charge is 0.383 e. The monoisotopic (exact) mass is 202 g/mol. The van der Waals surface area contributed by atoms with E-state index in [9.17, 15) is 0 Å². The molecule has 14 heavy (non-hydrogen) atoms. The first-order chi connectivity index (χ1) is 6.88. The Labute approximate surface area is 86.3 Å². The second kappa shape index (κ2) is 7.17. The fourth-order valence-electron chi connectivity index (χ4n) is 1.75. The summed E-state index contributed by atoms with van der Waals surface area (Å²) in [5, 5.41) is 6.81. The highest BCUT2D eigenvalue weighted by Gasteiger charge is 2.26. The maximum Gasteiger partial charge on any atom is 0.0623 e. The van der Waals surface area contributed by atoms with Gasteiger partial charge in [-0.2, -0.15) is 0 Å². The molecular formula is C10H22N2O2. The van der Waals surface area contributed by atoms with Gasteiger partial charge in [0.2, 0.25) is 0 Å². The van der Waals surface area contributed by atoms with Gasteiger partial charge in [-0.05, 0) is 6.54 Å². The number of methoxy groups -OCH3 is 1. The van der Waals surface area contributed by atoms with Gasteiger partial charge in [0.1, 0.15) is 0 Å². The molecule has 2 atom stereocenters. The zero-order valence-electron chi connectivity index (χ0n) is 9.21. The molecule has 0 aromatic carbocycles. The normalized spacial score (nSPS) is 27.0. The van der Waals surface area contributed by atoms with Gasteiger partial charge >= 0.3 is 0 Å². The number of rotatable bonds is 7. The quantitative estimate of drug-likeness (QED) is 0.563. The summed E-state index contributed by atoms with van der Waals surface area (Å²) >= 11 is 0. The van der Waals surface area contributed by atoms with Crippen LogP contribution in [-0.4, -0.2) is 52.6 Å². The van der Waals surface area contributed by atoms with Crippen molar-refractivity contribution in [3.05, 3.63) is 0 Å². The average molecular weight is 202 g/mol. The summed E-state index contributed by atoms with van der Waals surface area (Å²) in [6, 6.07) is 0.523. The zero-order valence-corrected chi connectivity index (χ0v) is 9.21. The van der Waals surface area contributed by atoms with Crippen LogP contribution in [0.25, 0.3) is 0 Å². The van der Waals surface area contributed by atoms with Gasteiger partial charge in [0.05, 0.1) is 19.8 Å². The van der Waals surface area contributed by atoms with Crippen LogP contribution < -0.4 is 10.6 Å². The van der Waals surface area contributed by atoms with Crippen molar-refractivity contribution in [3.8, 4) is 0 Å². The number of hydrogen-bond acceptors (Lipinski definition) is 4. The average Bonchev–Trinajstić information content (AvgIpc) is 2.61. The lowest BCUT2D eigenvalue weighted by molar-refractivity contribution is 0.179. The first-order valence-electron chi connectivity index (χ1n) is 5.39.